The molecule has 0 atom stereocenters. The number of halogens is 1. The number of ether oxygens (including phenoxy) is 1. The Morgan fingerprint density at radius 1 is 1.33 bits per heavy atom. The van der Waals surface area contributed by atoms with Gasteiger partial charge in [-0.15, -0.1) is 11.3 Å². The maximum atomic E-state index is 12.4. The lowest BCUT2D eigenvalue weighted by molar-refractivity contribution is 0.103. The van der Waals surface area contributed by atoms with E-state index in [1.807, 2.05) is 32.0 Å². The molecule has 1 aromatic heterocycles. The number of carbonyl (C=O) groups excluding carboxylic acids is 1. The third-order valence-corrected chi connectivity index (χ3v) is 3.71. The highest BCUT2D eigenvalue weighted by atomic mass is 35.5. The van der Waals surface area contributed by atoms with Crippen LogP contribution in [0.25, 0.3) is 0 Å². The minimum absolute atomic E-state index is 0.0425. The lowest BCUT2D eigenvalue weighted by Gasteiger charge is -2.09. The van der Waals surface area contributed by atoms with Crippen molar-refractivity contribution in [2.45, 2.75) is 13.8 Å². The standard InChI is InChI=1S/C14H13ClO2S/c1-3-17-11-5-4-9(2)8-10(11)14(16)12-6-7-13(15)18-12/h4-8H,3H2,1-2H3. The summed E-state index contributed by atoms with van der Waals surface area (Å²) in [7, 11) is 0. The van der Waals surface area contributed by atoms with E-state index in [0.717, 1.165) is 5.56 Å². The highest BCUT2D eigenvalue weighted by Gasteiger charge is 2.16. The second-order valence-electron chi connectivity index (χ2n) is 3.87. The van der Waals surface area contributed by atoms with Gasteiger partial charge in [-0.25, -0.2) is 0 Å². The molecule has 2 rings (SSSR count). The molecule has 0 radical (unpaired) electrons. The fraction of sp³-hybridized carbons (Fsp3) is 0.214. The van der Waals surface area contributed by atoms with Crippen LogP contribution in [0.2, 0.25) is 4.34 Å². The van der Waals surface area contributed by atoms with Crippen molar-refractivity contribution in [3.63, 3.8) is 0 Å². The zero-order valence-electron chi connectivity index (χ0n) is 10.2. The van der Waals surface area contributed by atoms with Crippen LogP contribution in [0.3, 0.4) is 0 Å². The van der Waals surface area contributed by atoms with Gasteiger partial charge in [0.15, 0.2) is 0 Å². The lowest BCUT2D eigenvalue weighted by Crippen LogP contribution is -2.04. The van der Waals surface area contributed by atoms with Gasteiger partial charge in [-0.2, -0.15) is 0 Å². The van der Waals surface area contributed by atoms with Gasteiger partial charge in [0.1, 0.15) is 5.75 Å². The lowest BCUT2D eigenvalue weighted by atomic mass is 10.1. The summed E-state index contributed by atoms with van der Waals surface area (Å²) in [5.74, 6) is 0.580. The molecule has 94 valence electrons. The number of thiophene rings is 1. The van der Waals surface area contributed by atoms with Gasteiger partial charge in [-0.1, -0.05) is 23.2 Å². The fourth-order valence-corrected chi connectivity index (χ4v) is 2.67. The van der Waals surface area contributed by atoms with Gasteiger partial charge in [0.05, 0.1) is 21.4 Å². The van der Waals surface area contributed by atoms with E-state index in [0.29, 0.717) is 27.1 Å². The normalized spacial score (nSPS) is 10.4. The molecule has 0 amide bonds. The zero-order chi connectivity index (χ0) is 13.1. The maximum absolute atomic E-state index is 12.4. The molecule has 0 fully saturated rings. The van der Waals surface area contributed by atoms with Crippen LogP contribution in [0, 0.1) is 6.92 Å². The smallest absolute Gasteiger partial charge is 0.206 e. The molecule has 1 heterocycles. The van der Waals surface area contributed by atoms with Gasteiger partial charge in [-0.3, -0.25) is 4.79 Å². The molecule has 0 saturated heterocycles. The minimum Gasteiger partial charge on any atom is -0.493 e. The monoisotopic (exact) mass is 280 g/mol. The molecule has 1 aromatic carbocycles. The summed E-state index contributed by atoms with van der Waals surface area (Å²) in [6.07, 6.45) is 0. The van der Waals surface area contributed by atoms with Crippen LogP contribution in [-0.4, -0.2) is 12.4 Å². The van der Waals surface area contributed by atoms with Crippen LogP contribution >= 0.6 is 22.9 Å². The molecule has 0 aliphatic heterocycles. The van der Waals surface area contributed by atoms with Gasteiger partial charge < -0.3 is 4.74 Å². The van der Waals surface area contributed by atoms with Crippen molar-refractivity contribution in [1.82, 2.24) is 0 Å². The van der Waals surface area contributed by atoms with Crippen LogP contribution in [0.15, 0.2) is 30.3 Å². The molecule has 0 unspecified atom stereocenters. The first-order valence-corrected chi connectivity index (χ1v) is 6.84. The Morgan fingerprint density at radius 2 is 2.11 bits per heavy atom. The van der Waals surface area contributed by atoms with E-state index in [1.54, 1.807) is 12.1 Å². The number of rotatable bonds is 4. The predicted octanol–water partition coefficient (Wildman–Crippen LogP) is 4.34. The molecule has 2 nitrogen and oxygen atoms in total. The van der Waals surface area contributed by atoms with Crippen LogP contribution in [0.4, 0.5) is 0 Å². The summed E-state index contributed by atoms with van der Waals surface area (Å²) in [4.78, 5) is 13.0. The van der Waals surface area contributed by atoms with Crippen LogP contribution < -0.4 is 4.74 Å². The average Bonchev–Trinajstić information content (AvgIpc) is 2.77. The number of carbonyl (C=O) groups is 1. The summed E-state index contributed by atoms with van der Waals surface area (Å²) < 4.78 is 6.11. The summed E-state index contributed by atoms with van der Waals surface area (Å²) >= 11 is 7.14. The van der Waals surface area contributed by atoms with Gasteiger partial charge in [0, 0.05) is 0 Å². The highest BCUT2D eigenvalue weighted by Crippen LogP contribution is 2.28. The minimum atomic E-state index is -0.0425. The van der Waals surface area contributed by atoms with E-state index < -0.39 is 0 Å². The Labute approximate surface area is 115 Å². The van der Waals surface area contributed by atoms with E-state index in [-0.39, 0.29) is 5.78 Å². The predicted molar refractivity (Wildman–Crippen MR) is 75.1 cm³/mol. The summed E-state index contributed by atoms with van der Waals surface area (Å²) in [5.41, 5.74) is 1.62. The first-order valence-electron chi connectivity index (χ1n) is 5.65. The van der Waals surface area contributed by atoms with E-state index >= 15 is 0 Å². The molecule has 0 spiro atoms. The van der Waals surface area contributed by atoms with Crippen molar-refractivity contribution < 1.29 is 9.53 Å². The van der Waals surface area contributed by atoms with E-state index in [9.17, 15) is 4.79 Å². The molecular formula is C14H13ClO2S. The fourth-order valence-electron chi connectivity index (χ4n) is 1.67. The maximum Gasteiger partial charge on any atom is 0.206 e. The Balaban J connectivity index is 2.42. The number of hydrogen-bond acceptors (Lipinski definition) is 3. The SMILES string of the molecule is CCOc1ccc(C)cc1C(=O)c1ccc(Cl)s1. The number of aryl methyl sites for hydroxylation is 1. The van der Waals surface area contributed by atoms with Crippen molar-refractivity contribution in [2.24, 2.45) is 0 Å². The third kappa shape index (κ3) is 2.74. The topological polar surface area (TPSA) is 26.3 Å². The quantitative estimate of drug-likeness (QED) is 0.779. The zero-order valence-corrected chi connectivity index (χ0v) is 11.8. The summed E-state index contributed by atoms with van der Waals surface area (Å²) in [6, 6.07) is 9.09. The summed E-state index contributed by atoms with van der Waals surface area (Å²) in [5, 5.41) is 0. The first-order chi connectivity index (χ1) is 8.61. The molecule has 0 aliphatic rings. The Kier molecular flexibility index (Phi) is 4.04. The van der Waals surface area contributed by atoms with E-state index in [1.165, 1.54) is 11.3 Å². The van der Waals surface area contributed by atoms with Crippen molar-refractivity contribution in [3.8, 4) is 5.75 Å². The molecule has 4 heteroatoms. The first kappa shape index (κ1) is 13.1. The van der Waals surface area contributed by atoms with Gasteiger partial charge in [0.25, 0.3) is 0 Å². The number of benzene rings is 1. The van der Waals surface area contributed by atoms with Crippen molar-refractivity contribution in [1.29, 1.82) is 0 Å². The number of ketones is 1. The van der Waals surface area contributed by atoms with Crippen LogP contribution in [0.1, 0.15) is 27.7 Å². The average molecular weight is 281 g/mol. The van der Waals surface area contributed by atoms with E-state index in [2.05, 4.69) is 0 Å². The molecule has 0 N–H and O–H groups in total. The molecule has 2 aromatic rings. The van der Waals surface area contributed by atoms with Gasteiger partial charge in [0.2, 0.25) is 5.78 Å². The van der Waals surface area contributed by atoms with Crippen molar-refractivity contribution in [3.05, 3.63) is 50.7 Å². The van der Waals surface area contributed by atoms with Crippen molar-refractivity contribution >= 4 is 28.7 Å². The Morgan fingerprint density at radius 3 is 2.72 bits per heavy atom. The molecule has 0 bridgehead atoms. The number of hydrogen-bond donors (Lipinski definition) is 0. The van der Waals surface area contributed by atoms with E-state index in [4.69, 9.17) is 16.3 Å². The van der Waals surface area contributed by atoms with Gasteiger partial charge in [-0.05, 0) is 38.1 Å². The Bertz CT molecular complexity index is 575. The molecule has 0 aliphatic carbocycles. The van der Waals surface area contributed by atoms with Crippen LogP contribution in [-0.2, 0) is 0 Å². The molecule has 18 heavy (non-hydrogen) atoms. The molecule has 0 saturated carbocycles. The van der Waals surface area contributed by atoms with Gasteiger partial charge >= 0.3 is 0 Å². The third-order valence-electron chi connectivity index (χ3n) is 2.48. The Hall–Kier alpha value is -1.32. The largest absolute Gasteiger partial charge is 0.493 e. The highest BCUT2D eigenvalue weighted by molar-refractivity contribution is 7.18. The second-order valence-corrected chi connectivity index (χ2v) is 5.58. The summed E-state index contributed by atoms with van der Waals surface area (Å²) in [6.45, 7) is 4.39. The molecular weight excluding hydrogens is 268 g/mol. The second kappa shape index (κ2) is 5.55. The van der Waals surface area contributed by atoms with Crippen LogP contribution in [0.5, 0.6) is 5.75 Å². The van der Waals surface area contributed by atoms with Crippen molar-refractivity contribution in [2.75, 3.05) is 6.61 Å².